The van der Waals surface area contributed by atoms with E-state index in [1.54, 1.807) is 12.1 Å². The molecule has 2 amide bonds. The minimum Gasteiger partial charge on any atom is -0.268 e. The molecule has 0 aliphatic carbocycles. The number of amides is 2. The summed E-state index contributed by atoms with van der Waals surface area (Å²) in [4.78, 5) is 37.9. The Kier molecular flexibility index (Phi) is 5.29. The van der Waals surface area contributed by atoms with Crippen molar-refractivity contribution < 1.29 is 14.5 Å². The number of hydrogen-bond donors (Lipinski definition) is 0. The second-order valence-corrected chi connectivity index (χ2v) is 7.87. The Hall–Kier alpha value is -3.44. The van der Waals surface area contributed by atoms with Crippen LogP contribution in [0, 0.1) is 21.4 Å². The van der Waals surface area contributed by atoms with Gasteiger partial charge < -0.3 is 0 Å². The molecule has 0 N–H and O–H groups in total. The summed E-state index contributed by atoms with van der Waals surface area (Å²) in [7, 11) is 0. The number of benzene rings is 2. The molecule has 2 aromatic rings. The maximum Gasteiger partial charge on any atom is 0.272 e. The molecular formula is C20H15N3O4S. The van der Waals surface area contributed by atoms with Crippen molar-refractivity contribution in [3.8, 4) is 6.07 Å². The van der Waals surface area contributed by atoms with Crippen LogP contribution in [0.25, 0.3) is 5.57 Å². The molecule has 1 aliphatic rings. The lowest BCUT2D eigenvalue weighted by atomic mass is 10.1. The van der Waals surface area contributed by atoms with Gasteiger partial charge in [-0.05, 0) is 42.0 Å². The van der Waals surface area contributed by atoms with Crippen LogP contribution in [0.15, 0.2) is 53.4 Å². The van der Waals surface area contributed by atoms with Gasteiger partial charge in [-0.1, -0.05) is 13.8 Å². The van der Waals surface area contributed by atoms with E-state index in [0.29, 0.717) is 21.7 Å². The molecule has 0 saturated carbocycles. The van der Waals surface area contributed by atoms with Crippen molar-refractivity contribution in [2.75, 3.05) is 4.90 Å². The number of hydrogen-bond acceptors (Lipinski definition) is 6. The van der Waals surface area contributed by atoms with Gasteiger partial charge in [-0.15, -0.1) is 11.8 Å². The maximum atomic E-state index is 13.1. The summed E-state index contributed by atoms with van der Waals surface area (Å²) in [6.45, 7) is 3.82. The van der Waals surface area contributed by atoms with Gasteiger partial charge >= 0.3 is 0 Å². The van der Waals surface area contributed by atoms with E-state index in [1.165, 1.54) is 48.2 Å². The standard InChI is InChI=1S/C20H15N3O4S/c1-12(2)28-18-17(14-5-9-16(10-6-14)23(26)27)19(24)22(20(18)25)15-7-3-13(11-21)4-8-15/h3-10,12H,1-2H3. The normalized spacial score (nSPS) is 14.0. The summed E-state index contributed by atoms with van der Waals surface area (Å²) in [5.41, 5.74) is 1.37. The van der Waals surface area contributed by atoms with Crippen LogP contribution in [0.3, 0.4) is 0 Å². The van der Waals surface area contributed by atoms with Gasteiger partial charge in [0.25, 0.3) is 17.5 Å². The van der Waals surface area contributed by atoms with E-state index in [2.05, 4.69) is 0 Å². The molecule has 0 spiro atoms. The summed E-state index contributed by atoms with van der Waals surface area (Å²) >= 11 is 1.27. The predicted molar refractivity (Wildman–Crippen MR) is 106 cm³/mol. The van der Waals surface area contributed by atoms with Gasteiger partial charge in [0.05, 0.1) is 32.7 Å². The highest BCUT2D eigenvalue weighted by atomic mass is 32.2. The number of imide groups is 1. The van der Waals surface area contributed by atoms with Crippen LogP contribution in [0.2, 0.25) is 0 Å². The number of non-ortho nitro benzene ring substituents is 1. The average molecular weight is 393 g/mol. The number of nitrogens with zero attached hydrogens (tertiary/aromatic N) is 3. The molecule has 8 heteroatoms. The molecule has 0 radical (unpaired) electrons. The summed E-state index contributed by atoms with van der Waals surface area (Å²) < 4.78 is 0. The van der Waals surface area contributed by atoms with E-state index < -0.39 is 16.7 Å². The third-order valence-corrected chi connectivity index (χ3v) is 5.10. The Balaban J connectivity index is 2.07. The van der Waals surface area contributed by atoms with Crippen LogP contribution in [0.1, 0.15) is 25.0 Å². The predicted octanol–water partition coefficient (Wildman–Crippen LogP) is 3.89. The second kappa shape index (κ2) is 7.66. The van der Waals surface area contributed by atoms with Crippen molar-refractivity contribution in [3.05, 3.63) is 74.7 Å². The number of thioether (sulfide) groups is 1. The second-order valence-electron chi connectivity index (χ2n) is 6.28. The highest BCUT2D eigenvalue weighted by molar-refractivity contribution is 8.04. The van der Waals surface area contributed by atoms with Crippen LogP contribution in [-0.4, -0.2) is 22.0 Å². The minimum atomic E-state index is -0.521. The van der Waals surface area contributed by atoms with Crippen LogP contribution < -0.4 is 4.90 Å². The SMILES string of the molecule is CC(C)SC1=C(c2ccc([N+](=O)[O-])cc2)C(=O)N(c2ccc(C#N)cc2)C1=O. The molecule has 28 heavy (non-hydrogen) atoms. The van der Waals surface area contributed by atoms with Gasteiger partial charge in [-0.2, -0.15) is 5.26 Å². The number of nitriles is 1. The number of nitro benzene ring substituents is 1. The van der Waals surface area contributed by atoms with E-state index >= 15 is 0 Å². The topological polar surface area (TPSA) is 104 Å². The first-order chi connectivity index (χ1) is 13.3. The summed E-state index contributed by atoms with van der Waals surface area (Å²) in [6.07, 6.45) is 0. The van der Waals surface area contributed by atoms with Gasteiger partial charge in [0, 0.05) is 17.4 Å². The molecule has 3 rings (SSSR count). The largest absolute Gasteiger partial charge is 0.272 e. The minimum absolute atomic E-state index is 0.0562. The Morgan fingerprint density at radius 3 is 2.14 bits per heavy atom. The van der Waals surface area contributed by atoms with Gasteiger partial charge in [0.15, 0.2) is 0 Å². The fourth-order valence-corrected chi connectivity index (χ4v) is 3.77. The third-order valence-electron chi connectivity index (χ3n) is 4.02. The Bertz CT molecular complexity index is 1030. The Morgan fingerprint density at radius 2 is 1.64 bits per heavy atom. The molecule has 0 saturated heterocycles. The van der Waals surface area contributed by atoms with Crippen molar-refractivity contribution in [2.45, 2.75) is 19.1 Å². The Labute approximate surface area is 165 Å². The molecule has 140 valence electrons. The summed E-state index contributed by atoms with van der Waals surface area (Å²) in [5, 5.41) is 19.9. The van der Waals surface area contributed by atoms with Crippen LogP contribution in [0.4, 0.5) is 11.4 Å². The molecule has 2 aromatic carbocycles. The van der Waals surface area contributed by atoms with E-state index in [9.17, 15) is 19.7 Å². The lowest BCUT2D eigenvalue weighted by molar-refractivity contribution is -0.384. The van der Waals surface area contributed by atoms with E-state index in [1.807, 2.05) is 19.9 Å². The highest BCUT2D eigenvalue weighted by Gasteiger charge is 2.40. The van der Waals surface area contributed by atoms with Crippen molar-refractivity contribution in [2.24, 2.45) is 0 Å². The number of rotatable bonds is 5. The summed E-state index contributed by atoms with van der Waals surface area (Å²) in [5.74, 6) is -0.937. The third kappa shape index (κ3) is 3.52. The molecule has 0 bridgehead atoms. The lowest BCUT2D eigenvalue weighted by Gasteiger charge is -2.15. The van der Waals surface area contributed by atoms with Gasteiger partial charge in [-0.25, -0.2) is 4.90 Å². The number of anilines is 1. The van der Waals surface area contributed by atoms with Crippen molar-refractivity contribution in [1.82, 2.24) is 0 Å². The smallest absolute Gasteiger partial charge is 0.268 e. The number of carbonyl (C=O) groups is 2. The first-order valence-corrected chi connectivity index (χ1v) is 9.26. The number of carbonyl (C=O) groups excluding carboxylic acids is 2. The zero-order chi connectivity index (χ0) is 20.4. The zero-order valence-electron chi connectivity index (χ0n) is 15.1. The Morgan fingerprint density at radius 1 is 1.04 bits per heavy atom. The van der Waals surface area contributed by atoms with Gasteiger partial charge in [0.1, 0.15) is 0 Å². The van der Waals surface area contributed by atoms with E-state index in [0.717, 1.165) is 4.90 Å². The first kappa shape index (κ1) is 19.3. The van der Waals surface area contributed by atoms with Gasteiger partial charge in [0.2, 0.25) is 0 Å². The quantitative estimate of drug-likeness (QED) is 0.433. The fourth-order valence-electron chi connectivity index (χ4n) is 2.78. The molecular weight excluding hydrogens is 378 g/mol. The summed E-state index contributed by atoms with van der Waals surface area (Å²) in [6, 6.07) is 13.7. The molecule has 0 aromatic heterocycles. The molecule has 1 aliphatic heterocycles. The van der Waals surface area contributed by atoms with Gasteiger partial charge in [-0.3, -0.25) is 19.7 Å². The monoisotopic (exact) mass is 393 g/mol. The van der Waals surface area contributed by atoms with Crippen molar-refractivity contribution in [1.29, 1.82) is 5.26 Å². The van der Waals surface area contributed by atoms with Crippen LogP contribution >= 0.6 is 11.8 Å². The molecule has 1 heterocycles. The maximum absolute atomic E-state index is 13.1. The zero-order valence-corrected chi connectivity index (χ0v) is 15.9. The average Bonchev–Trinajstić information content (AvgIpc) is 2.91. The molecule has 0 atom stereocenters. The van der Waals surface area contributed by atoms with Crippen LogP contribution in [-0.2, 0) is 9.59 Å². The molecule has 0 fully saturated rings. The highest BCUT2D eigenvalue weighted by Crippen LogP contribution is 2.40. The fraction of sp³-hybridized carbons (Fsp3) is 0.150. The van der Waals surface area contributed by atoms with Crippen molar-refractivity contribution in [3.63, 3.8) is 0 Å². The number of nitro groups is 1. The van der Waals surface area contributed by atoms with Crippen LogP contribution in [0.5, 0.6) is 0 Å². The van der Waals surface area contributed by atoms with Crippen molar-refractivity contribution >= 4 is 40.5 Å². The molecule has 0 unspecified atom stereocenters. The molecule has 7 nitrogen and oxygen atoms in total. The first-order valence-electron chi connectivity index (χ1n) is 8.38. The van der Waals surface area contributed by atoms with E-state index in [4.69, 9.17) is 5.26 Å². The lowest BCUT2D eigenvalue weighted by Crippen LogP contribution is -2.31. The van der Waals surface area contributed by atoms with E-state index in [-0.39, 0.29) is 16.5 Å².